The number of hydrogen-bond acceptors (Lipinski definition) is 4. The van der Waals surface area contributed by atoms with Crippen molar-refractivity contribution in [1.82, 2.24) is 15.0 Å². The van der Waals surface area contributed by atoms with Gasteiger partial charge in [0, 0.05) is 12.6 Å². The number of rotatable bonds is 4. The quantitative estimate of drug-likeness (QED) is 0.813. The Labute approximate surface area is 121 Å². The molecule has 0 bridgehead atoms. The van der Waals surface area contributed by atoms with E-state index < -0.39 is 5.82 Å². The average molecular weight is 287 g/mol. The molecule has 0 radical (unpaired) electrons. The summed E-state index contributed by atoms with van der Waals surface area (Å²) in [5.41, 5.74) is 6.15. The molecule has 0 fully saturated rings. The van der Waals surface area contributed by atoms with E-state index in [1.165, 1.54) is 18.2 Å². The van der Waals surface area contributed by atoms with Crippen molar-refractivity contribution in [3.8, 4) is 11.8 Å². The predicted octanol–water partition coefficient (Wildman–Crippen LogP) is 0.756. The molecule has 1 heterocycles. The molecule has 6 nitrogen and oxygen atoms in total. The van der Waals surface area contributed by atoms with E-state index in [4.69, 9.17) is 5.73 Å². The smallest absolute Gasteiger partial charge is 0.226 e. The van der Waals surface area contributed by atoms with Crippen LogP contribution in [0, 0.1) is 17.7 Å². The molecule has 2 rings (SSSR count). The van der Waals surface area contributed by atoms with E-state index in [-0.39, 0.29) is 18.9 Å². The van der Waals surface area contributed by atoms with E-state index in [2.05, 4.69) is 27.5 Å². The lowest BCUT2D eigenvalue weighted by atomic mass is 10.1. The minimum absolute atomic E-state index is 0.163. The molecule has 0 saturated carbocycles. The van der Waals surface area contributed by atoms with E-state index in [0.29, 0.717) is 17.8 Å². The van der Waals surface area contributed by atoms with Crippen LogP contribution in [0.2, 0.25) is 0 Å². The molecule has 0 aliphatic carbocycles. The van der Waals surface area contributed by atoms with Gasteiger partial charge in [-0.3, -0.25) is 9.48 Å². The zero-order valence-corrected chi connectivity index (χ0v) is 11.2. The first kappa shape index (κ1) is 14.7. The molecule has 0 aliphatic heterocycles. The number of aryl methyl sites for hydroxylation is 1. The SMILES string of the molecule is NCC#Cc1cc(F)ccc1NC(=O)CCn1ccnn1. The van der Waals surface area contributed by atoms with Crippen molar-refractivity contribution in [1.29, 1.82) is 0 Å². The summed E-state index contributed by atoms with van der Waals surface area (Å²) in [5, 5.41) is 10.1. The number of halogens is 1. The van der Waals surface area contributed by atoms with E-state index >= 15 is 0 Å². The van der Waals surface area contributed by atoms with Crippen LogP contribution < -0.4 is 11.1 Å². The second kappa shape index (κ2) is 7.17. The summed E-state index contributed by atoms with van der Waals surface area (Å²) in [6, 6.07) is 4.00. The molecule has 0 atom stereocenters. The second-order valence-electron chi connectivity index (χ2n) is 4.16. The summed E-state index contributed by atoms with van der Waals surface area (Å²) in [4.78, 5) is 11.9. The highest BCUT2D eigenvalue weighted by Crippen LogP contribution is 2.16. The van der Waals surface area contributed by atoms with Crippen LogP contribution in [-0.4, -0.2) is 27.4 Å². The van der Waals surface area contributed by atoms with Gasteiger partial charge in [0.05, 0.1) is 30.5 Å². The fraction of sp³-hybridized carbons (Fsp3) is 0.214. The Kier molecular flexibility index (Phi) is 5.01. The first-order valence-corrected chi connectivity index (χ1v) is 6.31. The number of hydrogen-bond donors (Lipinski definition) is 2. The van der Waals surface area contributed by atoms with Crippen LogP contribution in [0.25, 0.3) is 0 Å². The van der Waals surface area contributed by atoms with Crippen LogP contribution in [0.15, 0.2) is 30.6 Å². The van der Waals surface area contributed by atoms with Gasteiger partial charge in [-0.15, -0.1) is 5.10 Å². The summed E-state index contributed by atoms with van der Waals surface area (Å²) in [6.07, 6.45) is 3.44. The summed E-state index contributed by atoms with van der Waals surface area (Å²) >= 11 is 0. The molecule has 0 spiro atoms. The lowest BCUT2D eigenvalue weighted by Gasteiger charge is -2.07. The maximum atomic E-state index is 13.2. The van der Waals surface area contributed by atoms with Gasteiger partial charge < -0.3 is 11.1 Å². The number of benzene rings is 1. The molecule has 0 unspecified atom stereocenters. The van der Waals surface area contributed by atoms with Crippen molar-refractivity contribution in [2.24, 2.45) is 5.73 Å². The molecule has 3 N–H and O–H groups in total. The standard InChI is InChI=1S/C14H14FN5O/c15-12-3-4-13(11(10-12)2-1-6-16)18-14(21)5-8-20-9-7-17-19-20/h3-4,7,9-10H,5-6,8,16H2,(H,18,21). The summed E-state index contributed by atoms with van der Waals surface area (Å²) in [7, 11) is 0. The molecule has 0 aliphatic rings. The van der Waals surface area contributed by atoms with Gasteiger partial charge in [-0.05, 0) is 18.2 Å². The van der Waals surface area contributed by atoms with Crippen molar-refractivity contribution < 1.29 is 9.18 Å². The highest BCUT2D eigenvalue weighted by atomic mass is 19.1. The van der Waals surface area contributed by atoms with Crippen molar-refractivity contribution in [2.45, 2.75) is 13.0 Å². The molecule has 1 amide bonds. The van der Waals surface area contributed by atoms with E-state index in [0.717, 1.165) is 0 Å². The lowest BCUT2D eigenvalue weighted by molar-refractivity contribution is -0.116. The number of nitrogens with zero attached hydrogens (tertiary/aromatic N) is 3. The highest BCUT2D eigenvalue weighted by molar-refractivity contribution is 5.92. The maximum absolute atomic E-state index is 13.2. The molecular weight excluding hydrogens is 273 g/mol. The number of nitrogens with one attached hydrogen (secondary N) is 1. The Bertz CT molecular complexity index is 672. The molecule has 1 aromatic heterocycles. The molecule has 2 aromatic rings. The van der Waals surface area contributed by atoms with Gasteiger partial charge in [0.1, 0.15) is 5.82 Å². The maximum Gasteiger partial charge on any atom is 0.226 e. The highest BCUT2D eigenvalue weighted by Gasteiger charge is 2.07. The van der Waals surface area contributed by atoms with E-state index in [1.54, 1.807) is 17.1 Å². The third-order valence-electron chi connectivity index (χ3n) is 2.62. The third kappa shape index (κ3) is 4.40. The van der Waals surface area contributed by atoms with Crippen molar-refractivity contribution in [3.05, 3.63) is 42.0 Å². The number of aromatic nitrogens is 3. The Morgan fingerprint density at radius 1 is 1.48 bits per heavy atom. The third-order valence-corrected chi connectivity index (χ3v) is 2.62. The Hall–Kier alpha value is -2.72. The minimum Gasteiger partial charge on any atom is -0.325 e. The predicted molar refractivity (Wildman–Crippen MR) is 75.6 cm³/mol. The monoisotopic (exact) mass is 287 g/mol. The molecule has 108 valence electrons. The zero-order valence-electron chi connectivity index (χ0n) is 11.2. The first-order valence-electron chi connectivity index (χ1n) is 6.31. The number of amides is 1. The Morgan fingerprint density at radius 3 is 3.05 bits per heavy atom. The summed E-state index contributed by atoms with van der Waals surface area (Å²) in [6.45, 7) is 0.576. The largest absolute Gasteiger partial charge is 0.325 e. The van der Waals surface area contributed by atoms with E-state index in [1.807, 2.05) is 0 Å². The molecular formula is C14H14FN5O. The van der Waals surface area contributed by atoms with Gasteiger partial charge in [0.15, 0.2) is 0 Å². The van der Waals surface area contributed by atoms with Gasteiger partial charge in [0.25, 0.3) is 0 Å². The van der Waals surface area contributed by atoms with Crippen LogP contribution in [0.3, 0.4) is 0 Å². The average Bonchev–Trinajstić information content (AvgIpc) is 2.98. The second-order valence-corrected chi connectivity index (χ2v) is 4.16. The Balaban J connectivity index is 2.02. The van der Waals surface area contributed by atoms with Crippen LogP contribution in [-0.2, 0) is 11.3 Å². The normalized spacial score (nSPS) is 9.81. The van der Waals surface area contributed by atoms with Crippen LogP contribution in [0.1, 0.15) is 12.0 Å². The van der Waals surface area contributed by atoms with Crippen molar-refractivity contribution >= 4 is 11.6 Å². The molecule has 1 aromatic carbocycles. The topological polar surface area (TPSA) is 85.8 Å². The Morgan fingerprint density at radius 2 is 2.33 bits per heavy atom. The number of carbonyl (C=O) groups excluding carboxylic acids is 1. The van der Waals surface area contributed by atoms with Crippen molar-refractivity contribution in [2.75, 3.05) is 11.9 Å². The first-order chi connectivity index (χ1) is 10.2. The van der Waals surface area contributed by atoms with Crippen LogP contribution in [0.5, 0.6) is 0 Å². The molecule has 0 saturated heterocycles. The number of carbonyl (C=O) groups is 1. The van der Waals surface area contributed by atoms with Gasteiger partial charge in [0.2, 0.25) is 5.91 Å². The zero-order chi connectivity index (χ0) is 15.1. The number of nitrogens with two attached hydrogens (primary N) is 1. The van der Waals surface area contributed by atoms with Gasteiger partial charge in [-0.25, -0.2) is 4.39 Å². The summed E-state index contributed by atoms with van der Waals surface area (Å²) in [5.74, 6) is 4.73. The van der Waals surface area contributed by atoms with Crippen LogP contribution in [0.4, 0.5) is 10.1 Å². The van der Waals surface area contributed by atoms with Gasteiger partial charge in [-0.2, -0.15) is 0 Å². The fourth-order valence-corrected chi connectivity index (χ4v) is 1.66. The van der Waals surface area contributed by atoms with Crippen molar-refractivity contribution in [3.63, 3.8) is 0 Å². The van der Waals surface area contributed by atoms with Gasteiger partial charge in [-0.1, -0.05) is 17.1 Å². The minimum atomic E-state index is -0.420. The lowest BCUT2D eigenvalue weighted by Crippen LogP contribution is -2.15. The molecule has 21 heavy (non-hydrogen) atoms. The van der Waals surface area contributed by atoms with Crippen LogP contribution >= 0.6 is 0 Å². The summed E-state index contributed by atoms with van der Waals surface area (Å²) < 4.78 is 14.8. The van der Waals surface area contributed by atoms with Gasteiger partial charge >= 0.3 is 0 Å². The fourth-order valence-electron chi connectivity index (χ4n) is 1.66. The number of anilines is 1. The van der Waals surface area contributed by atoms with E-state index in [9.17, 15) is 9.18 Å². The molecule has 7 heteroatoms.